The highest BCUT2D eigenvalue weighted by Crippen LogP contribution is 2.07. The Bertz CT molecular complexity index is 215. The molecule has 2 atom stereocenters. The van der Waals surface area contributed by atoms with Gasteiger partial charge < -0.3 is 30.0 Å². The number of carbonyl (C=O) groups excluding carboxylic acids is 1. The van der Waals surface area contributed by atoms with Crippen molar-refractivity contribution in [1.82, 2.24) is 0 Å². The molecule has 0 heterocycles. The van der Waals surface area contributed by atoms with Crippen LogP contribution in [0, 0.1) is 0 Å². The third-order valence-corrected chi connectivity index (χ3v) is 2.33. The van der Waals surface area contributed by atoms with E-state index in [0.29, 0.717) is 6.42 Å². The number of hydrogen-bond acceptors (Lipinski definition) is 5. The van der Waals surface area contributed by atoms with Crippen molar-refractivity contribution in [2.45, 2.75) is 18.6 Å². The van der Waals surface area contributed by atoms with Gasteiger partial charge in [0, 0.05) is 13.0 Å². The molecule has 0 aromatic rings. The monoisotopic (exact) mass is 234 g/mol. The zero-order chi connectivity index (χ0) is 12.8. The zero-order valence-corrected chi connectivity index (χ0v) is 10.2. The van der Waals surface area contributed by atoms with E-state index in [2.05, 4.69) is 0 Å². The van der Waals surface area contributed by atoms with E-state index < -0.39 is 18.1 Å². The molecule has 16 heavy (non-hydrogen) atoms. The van der Waals surface area contributed by atoms with Crippen LogP contribution in [0.2, 0.25) is 0 Å². The molecule has 6 heteroatoms. The number of hydrogen-bond donors (Lipinski definition) is 2. The molecule has 0 rings (SSSR count). The van der Waals surface area contributed by atoms with Crippen LogP contribution < -0.4 is 10.8 Å². The number of carbonyl (C=O) groups is 1. The summed E-state index contributed by atoms with van der Waals surface area (Å²) in [5, 5.41) is 20.0. The first-order chi connectivity index (χ1) is 7.29. The molecule has 2 unspecified atom stereocenters. The van der Waals surface area contributed by atoms with Crippen LogP contribution in [0.1, 0.15) is 6.42 Å². The number of aliphatic hydroxyl groups excluding tert-OH is 1. The molecule has 0 aromatic carbocycles. The molecule has 0 spiro atoms. The van der Waals surface area contributed by atoms with E-state index in [4.69, 9.17) is 15.6 Å². The fraction of sp³-hybridized carbons (Fsp3) is 0.900. The van der Waals surface area contributed by atoms with Gasteiger partial charge in [0.25, 0.3) is 0 Å². The molecule has 0 aromatic heterocycles. The van der Waals surface area contributed by atoms with Crippen LogP contribution in [0.5, 0.6) is 0 Å². The van der Waals surface area contributed by atoms with Gasteiger partial charge in [-0.3, -0.25) is 0 Å². The van der Waals surface area contributed by atoms with E-state index in [1.165, 1.54) is 0 Å². The van der Waals surface area contributed by atoms with E-state index in [-0.39, 0.29) is 24.2 Å². The zero-order valence-electron chi connectivity index (χ0n) is 10.2. The Morgan fingerprint density at radius 1 is 1.50 bits per heavy atom. The Morgan fingerprint density at radius 2 is 2.06 bits per heavy atom. The van der Waals surface area contributed by atoms with Gasteiger partial charge in [-0.2, -0.15) is 0 Å². The third-order valence-electron chi connectivity index (χ3n) is 2.33. The minimum Gasteiger partial charge on any atom is -0.544 e. The number of aliphatic hydroxyl groups is 1. The summed E-state index contributed by atoms with van der Waals surface area (Å²) in [5.74, 6) is -1.09. The normalized spacial score (nSPS) is 15.8. The number of ether oxygens (including phenoxy) is 1. The summed E-state index contributed by atoms with van der Waals surface area (Å²) >= 11 is 0. The lowest BCUT2D eigenvalue weighted by atomic mass is 10.1. The first-order valence-electron chi connectivity index (χ1n) is 5.27. The fourth-order valence-electron chi connectivity index (χ4n) is 1.30. The Morgan fingerprint density at radius 3 is 2.44 bits per heavy atom. The smallest absolute Gasteiger partial charge is 0.131 e. The molecule has 6 nitrogen and oxygen atoms in total. The first-order valence-corrected chi connectivity index (χ1v) is 5.27. The first kappa shape index (κ1) is 15.3. The lowest BCUT2D eigenvalue weighted by molar-refractivity contribution is -0.889. The Kier molecular flexibility index (Phi) is 6.51. The average Bonchev–Trinajstić information content (AvgIpc) is 2.14. The van der Waals surface area contributed by atoms with Gasteiger partial charge in [-0.25, -0.2) is 0 Å². The van der Waals surface area contributed by atoms with Crippen LogP contribution in [0.25, 0.3) is 0 Å². The van der Waals surface area contributed by atoms with E-state index >= 15 is 0 Å². The molecule has 0 saturated heterocycles. The number of likely N-dealkylation sites (N-methyl/N-ethyl adjacent to an activating group) is 1. The van der Waals surface area contributed by atoms with E-state index in [9.17, 15) is 9.90 Å². The minimum atomic E-state index is -1.09. The predicted molar refractivity (Wildman–Crippen MR) is 57.3 cm³/mol. The molecule has 0 fully saturated rings. The number of nitrogens with zero attached hydrogens (tertiary/aromatic N) is 1. The van der Waals surface area contributed by atoms with Crippen molar-refractivity contribution >= 4 is 5.97 Å². The molecule has 0 aliphatic heterocycles. The fourth-order valence-corrected chi connectivity index (χ4v) is 1.30. The molecule has 0 aliphatic rings. The second kappa shape index (κ2) is 6.80. The van der Waals surface area contributed by atoms with Crippen molar-refractivity contribution in [2.75, 3.05) is 40.9 Å². The highest BCUT2D eigenvalue weighted by molar-refractivity contribution is 5.69. The largest absolute Gasteiger partial charge is 0.544 e. The Hall–Kier alpha value is -0.690. The molecule has 0 aliphatic carbocycles. The Labute approximate surface area is 96.2 Å². The van der Waals surface area contributed by atoms with Gasteiger partial charge in [-0.1, -0.05) is 0 Å². The van der Waals surface area contributed by atoms with Gasteiger partial charge in [0.15, 0.2) is 0 Å². The van der Waals surface area contributed by atoms with Crippen LogP contribution in [0.3, 0.4) is 0 Å². The Balaban J connectivity index is 3.92. The highest BCUT2D eigenvalue weighted by Gasteiger charge is 2.24. The number of rotatable bonds is 8. The van der Waals surface area contributed by atoms with Crippen LogP contribution in [0.4, 0.5) is 0 Å². The van der Waals surface area contributed by atoms with Gasteiger partial charge in [0.2, 0.25) is 0 Å². The molecule has 0 bridgehead atoms. The van der Waals surface area contributed by atoms with Crippen molar-refractivity contribution in [3.05, 3.63) is 0 Å². The molecular weight excluding hydrogens is 212 g/mol. The molecule has 96 valence electrons. The summed E-state index contributed by atoms with van der Waals surface area (Å²) in [6, 6.07) is -0.616. The number of carboxylic acid groups (broad SMARTS) is 1. The maximum absolute atomic E-state index is 10.9. The van der Waals surface area contributed by atoms with Crippen molar-refractivity contribution in [3.8, 4) is 0 Å². The summed E-state index contributed by atoms with van der Waals surface area (Å²) in [6.07, 6.45) is -0.339. The number of aliphatic carboxylic acids is 1. The van der Waals surface area contributed by atoms with Crippen LogP contribution in [-0.2, 0) is 9.53 Å². The second-order valence-corrected chi connectivity index (χ2v) is 4.70. The van der Waals surface area contributed by atoms with E-state index in [1.54, 1.807) is 21.1 Å². The maximum Gasteiger partial charge on any atom is 0.131 e. The number of quaternary nitrogens is 1. The summed E-state index contributed by atoms with van der Waals surface area (Å²) < 4.78 is 5.41. The third kappa shape index (κ3) is 6.02. The van der Waals surface area contributed by atoms with Gasteiger partial charge in [0.1, 0.15) is 6.04 Å². The highest BCUT2D eigenvalue weighted by atomic mass is 16.5. The minimum absolute atomic E-state index is 0.132. The van der Waals surface area contributed by atoms with Gasteiger partial charge in [0.05, 0.1) is 46.4 Å². The second-order valence-electron chi connectivity index (χ2n) is 4.70. The lowest BCUT2D eigenvalue weighted by Gasteiger charge is -2.34. The molecule has 0 saturated carbocycles. The number of nitrogens with two attached hydrogens (primary N) is 1. The molecule has 0 amide bonds. The van der Waals surface area contributed by atoms with E-state index in [0.717, 1.165) is 0 Å². The number of carboxylic acids is 1. The van der Waals surface area contributed by atoms with Gasteiger partial charge in [-0.15, -0.1) is 0 Å². The summed E-state index contributed by atoms with van der Waals surface area (Å²) in [4.78, 5) is 10.9. The average molecular weight is 234 g/mol. The molecular formula is C10H22N2O4. The standard InChI is InChI=1S/C10H22N2O4/c1-12(2,3)9(10(14)15)4-5-16-7-8(13)6-11/h8-9,13H,4-7,11H2,1-3H3. The molecule has 0 radical (unpaired) electrons. The van der Waals surface area contributed by atoms with Crippen LogP contribution in [-0.4, -0.2) is 68.6 Å². The van der Waals surface area contributed by atoms with Gasteiger partial charge >= 0.3 is 0 Å². The SMILES string of the molecule is C[N+](C)(C)C(CCOCC(O)CN)C(=O)[O-]. The maximum atomic E-state index is 10.9. The van der Waals surface area contributed by atoms with Crippen molar-refractivity contribution < 1.29 is 24.2 Å². The van der Waals surface area contributed by atoms with Crippen molar-refractivity contribution in [1.29, 1.82) is 0 Å². The van der Waals surface area contributed by atoms with E-state index in [1.807, 2.05) is 0 Å². The van der Waals surface area contributed by atoms with Crippen molar-refractivity contribution in [2.24, 2.45) is 5.73 Å². The lowest BCUT2D eigenvalue weighted by Crippen LogP contribution is -2.55. The van der Waals surface area contributed by atoms with Crippen LogP contribution >= 0.6 is 0 Å². The van der Waals surface area contributed by atoms with Gasteiger partial charge in [-0.05, 0) is 0 Å². The topological polar surface area (TPSA) is 95.6 Å². The summed E-state index contributed by atoms with van der Waals surface area (Å²) in [7, 11) is 5.36. The summed E-state index contributed by atoms with van der Waals surface area (Å²) in [5.41, 5.74) is 5.19. The predicted octanol–water partition coefficient (Wildman–Crippen LogP) is -2.46. The molecule has 3 N–H and O–H groups in total. The quantitative estimate of drug-likeness (QED) is 0.359. The van der Waals surface area contributed by atoms with Crippen molar-refractivity contribution in [3.63, 3.8) is 0 Å². The summed E-state index contributed by atoms with van der Waals surface area (Å²) in [6.45, 7) is 0.540. The van der Waals surface area contributed by atoms with Crippen LogP contribution in [0.15, 0.2) is 0 Å².